The highest BCUT2D eigenvalue weighted by Gasteiger charge is 2.31. The van der Waals surface area contributed by atoms with Gasteiger partial charge in [0.2, 0.25) is 11.8 Å². The van der Waals surface area contributed by atoms with E-state index >= 15 is 0 Å². The highest BCUT2D eigenvalue weighted by molar-refractivity contribution is 6.01. The van der Waals surface area contributed by atoms with Crippen LogP contribution < -0.4 is 10.6 Å². The summed E-state index contributed by atoms with van der Waals surface area (Å²) in [5.41, 5.74) is 0.799. The summed E-state index contributed by atoms with van der Waals surface area (Å²) < 4.78 is 17.5. The van der Waals surface area contributed by atoms with E-state index in [4.69, 9.17) is 0 Å². The van der Waals surface area contributed by atoms with Crippen molar-refractivity contribution in [3.8, 4) is 0 Å². The van der Waals surface area contributed by atoms with E-state index in [9.17, 15) is 18.8 Å². The van der Waals surface area contributed by atoms with Crippen LogP contribution in [0.15, 0.2) is 18.2 Å². The van der Waals surface area contributed by atoms with E-state index in [2.05, 4.69) is 15.4 Å². The molecule has 0 fully saturated rings. The Morgan fingerprint density at radius 1 is 1.50 bits per heavy atom. The summed E-state index contributed by atoms with van der Waals surface area (Å²) in [6.45, 7) is -0.274. The van der Waals surface area contributed by atoms with Crippen LogP contribution in [0.1, 0.15) is 17.9 Å². The van der Waals surface area contributed by atoms with Crippen LogP contribution in [0.2, 0.25) is 0 Å². The molecule has 0 radical (unpaired) electrons. The summed E-state index contributed by atoms with van der Waals surface area (Å²) >= 11 is 0. The third-order valence-corrected chi connectivity index (χ3v) is 3.01. The Labute approximate surface area is 114 Å². The van der Waals surface area contributed by atoms with Gasteiger partial charge in [-0.1, -0.05) is 6.07 Å². The molecule has 1 aliphatic rings. The van der Waals surface area contributed by atoms with Crippen LogP contribution in [-0.4, -0.2) is 31.4 Å². The third-order valence-electron chi connectivity index (χ3n) is 3.01. The molecule has 7 heteroatoms. The molecule has 1 aliphatic heterocycles. The Balaban J connectivity index is 2.18. The normalized spacial score (nSPS) is 16.9. The monoisotopic (exact) mass is 280 g/mol. The Hall–Kier alpha value is -2.44. The van der Waals surface area contributed by atoms with Crippen molar-refractivity contribution in [2.45, 2.75) is 12.3 Å². The predicted octanol–water partition coefficient (Wildman–Crippen LogP) is 0.541. The van der Waals surface area contributed by atoms with Gasteiger partial charge in [0.25, 0.3) is 0 Å². The minimum absolute atomic E-state index is 0.0500. The van der Waals surface area contributed by atoms with Crippen LogP contribution in [0, 0.1) is 5.82 Å². The van der Waals surface area contributed by atoms with E-state index in [1.807, 2.05) is 0 Å². The number of benzene rings is 1. The molecule has 6 nitrogen and oxygen atoms in total. The summed E-state index contributed by atoms with van der Waals surface area (Å²) in [6.07, 6.45) is -0.0500. The van der Waals surface area contributed by atoms with Crippen molar-refractivity contribution < 1.29 is 23.5 Å². The fraction of sp³-hybridized carbons (Fsp3) is 0.308. The van der Waals surface area contributed by atoms with Crippen molar-refractivity contribution in [1.29, 1.82) is 0 Å². The summed E-state index contributed by atoms with van der Waals surface area (Å²) in [7, 11) is 1.21. The maximum atomic E-state index is 13.1. The molecule has 0 saturated heterocycles. The van der Waals surface area contributed by atoms with E-state index in [-0.39, 0.29) is 24.6 Å². The Morgan fingerprint density at radius 2 is 2.25 bits per heavy atom. The van der Waals surface area contributed by atoms with Crippen LogP contribution in [0.3, 0.4) is 0 Å². The number of hydrogen-bond acceptors (Lipinski definition) is 4. The van der Waals surface area contributed by atoms with Gasteiger partial charge in [0.05, 0.1) is 13.0 Å². The lowest BCUT2D eigenvalue weighted by Crippen LogP contribution is -2.37. The number of anilines is 1. The molecule has 20 heavy (non-hydrogen) atoms. The van der Waals surface area contributed by atoms with Gasteiger partial charge in [0.1, 0.15) is 12.4 Å². The summed E-state index contributed by atoms with van der Waals surface area (Å²) in [4.78, 5) is 34.5. The van der Waals surface area contributed by atoms with Gasteiger partial charge in [-0.15, -0.1) is 0 Å². The SMILES string of the molecule is COC(=O)CNC(=O)C1CC(=O)Nc2cc(F)ccc21. The van der Waals surface area contributed by atoms with Gasteiger partial charge in [-0.3, -0.25) is 14.4 Å². The molecule has 1 unspecified atom stereocenters. The fourth-order valence-corrected chi connectivity index (χ4v) is 2.03. The Morgan fingerprint density at radius 3 is 2.95 bits per heavy atom. The number of esters is 1. The average Bonchev–Trinajstić information content (AvgIpc) is 2.42. The van der Waals surface area contributed by atoms with Gasteiger partial charge < -0.3 is 15.4 Å². The van der Waals surface area contributed by atoms with Gasteiger partial charge >= 0.3 is 5.97 Å². The van der Waals surface area contributed by atoms with E-state index in [1.54, 1.807) is 0 Å². The number of halogens is 1. The first-order valence-corrected chi connectivity index (χ1v) is 5.95. The first-order chi connectivity index (χ1) is 9.51. The molecule has 0 spiro atoms. The molecule has 0 bridgehead atoms. The number of ether oxygens (including phenoxy) is 1. The molecule has 1 aromatic rings. The maximum Gasteiger partial charge on any atom is 0.325 e. The summed E-state index contributed by atoms with van der Waals surface area (Å²) in [6, 6.07) is 3.83. The lowest BCUT2D eigenvalue weighted by Gasteiger charge is -2.24. The molecule has 2 N–H and O–H groups in total. The van der Waals surface area contributed by atoms with Crippen molar-refractivity contribution in [3.05, 3.63) is 29.6 Å². The smallest absolute Gasteiger partial charge is 0.325 e. The minimum Gasteiger partial charge on any atom is -0.468 e. The van der Waals surface area contributed by atoms with Crippen molar-refractivity contribution >= 4 is 23.5 Å². The second-order valence-electron chi connectivity index (χ2n) is 4.33. The van der Waals surface area contributed by atoms with Crippen LogP contribution in [0.25, 0.3) is 0 Å². The van der Waals surface area contributed by atoms with Gasteiger partial charge in [-0.05, 0) is 17.7 Å². The summed E-state index contributed by atoms with van der Waals surface area (Å²) in [5.74, 6) is -2.68. The number of amides is 2. The van der Waals surface area contributed by atoms with Crippen molar-refractivity contribution in [1.82, 2.24) is 5.32 Å². The topological polar surface area (TPSA) is 84.5 Å². The zero-order valence-electron chi connectivity index (χ0n) is 10.7. The Kier molecular flexibility index (Phi) is 3.97. The van der Waals surface area contributed by atoms with Gasteiger partial charge in [0, 0.05) is 12.1 Å². The number of hydrogen-bond donors (Lipinski definition) is 2. The predicted molar refractivity (Wildman–Crippen MR) is 67.4 cm³/mol. The van der Waals surface area contributed by atoms with Crippen LogP contribution >= 0.6 is 0 Å². The quantitative estimate of drug-likeness (QED) is 0.791. The van der Waals surface area contributed by atoms with Crippen molar-refractivity contribution in [3.63, 3.8) is 0 Å². The second-order valence-corrected chi connectivity index (χ2v) is 4.33. The molecule has 1 heterocycles. The van der Waals surface area contributed by atoms with Crippen LogP contribution in [-0.2, 0) is 19.1 Å². The summed E-state index contributed by atoms with van der Waals surface area (Å²) in [5, 5.41) is 4.90. The lowest BCUT2D eigenvalue weighted by atomic mass is 9.89. The largest absolute Gasteiger partial charge is 0.468 e. The number of rotatable bonds is 3. The third kappa shape index (κ3) is 2.93. The van der Waals surface area contributed by atoms with E-state index < -0.39 is 23.6 Å². The van der Waals surface area contributed by atoms with Crippen LogP contribution in [0.5, 0.6) is 0 Å². The van der Waals surface area contributed by atoms with Crippen molar-refractivity contribution in [2.75, 3.05) is 19.0 Å². The number of carbonyl (C=O) groups excluding carboxylic acids is 3. The standard InChI is InChI=1S/C13H13FN2O4/c1-20-12(18)6-15-13(19)9-5-11(17)16-10-4-7(14)2-3-8(9)10/h2-4,9H,5-6H2,1H3,(H,15,19)(H,16,17). The molecule has 2 amide bonds. The zero-order valence-corrected chi connectivity index (χ0v) is 10.7. The molecule has 0 aromatic heterocycles. The second kappa shape index (κ2) is 5.68. The first kappa shape index (κ1) is 14.0. The molecule has 1 atom stereocenters. The molecule has 106 valence electrons. The average molecular weight is 280 g/mol. The van der Waals surface area contributed by atoms with Crippen molar-refractivity contribution in [2.24, 2.45) is 0 Å². The fourth-order valence-electron chi connectivity index (χ4n) is 2.03. The number of nitrogens with one attached hydrogen (secondary N) is 2. The van der Waals surface area contributed by atoms with E-state index in [0.717, 1.165) is 6.07 Å². The molecular weight excluding hydrogens is 267 g/mol. The Bertz CT molecular complexity index is 573. The van der Waals surface area contributed by atoms with E-state index in [0.29, 0.717) is 5.56 Å². The first-order valence-electron chi connectivity index (χ1n) is 5.95. The molecule has 0 aliphatic carbocycles. The van der Waals surface area contributed by atoms with Crippen LogP contribution in [0.4, 0.5) is 10.1 Å². The number of methoxy groups -OCH3 is 1. The van der Waals surface area contributed by atoms with Gasteiger partial charge in [-0.25, -0.2) is 4.39 Å². The molecule has 1 aromatic carbocycles. The number of carbonyl (C=O) groups is 3. The van der Waals surface area contributed by atoms with Gasteiger partial charge in [-0.2, -0.15) is 0 Å². The molecular formula is C13H13FN2O4. The molecule has 2 rings (SSSR count). The molecule has 0 saturated carbocycles. The maximum absolute atomic E-state index is 13.1. The van der Waals surface area contributed by atoms with Gasteiger partial charge in [0.15, 0.2) is 0 Å². The lowest BCUT2D eigenvalue weighted by molar-refractivity contribution is -0.141. The minimum atomic E-state index is -0.746. The zero-order chi connectivity index (χ0) is 14.7. The highest BCUT2D eigenvalue weighted by Crippen LogP contribution is 2.32. The van der Waals surface area contributed by atoms with E-state index in [1.165, 1.54) is 19.2 Å². The number of fused-ring (bicyclic) bond motifs is 1. The highest BCUT2D eigenvalue weighted by atomic mass is 19.1.